The average molecular weight is 352 g/mol. The van der Waals surface area contributed by atoms with E-state index in [0.717, 1.165) is 33.2 Å². The first kappa shape index (κ1) is 15.1. The number of benzene rings is 2. The maximum Gasteiger partial charge on any atom is 0.0797 e. The van der Waals surface area contributed by atoms with E-state index in [1.165, 1.54) is 0 Å². The van der Waals surface area contributed by atoms with Gasteiger partial charge in [-0.3, -0.25) is 4.98 Å². The number of halogens is 2. The second-order valence-corrected chi connectivity index (χ2v) is 6.22. The highest BCUT2D eigenvalue weighted by Gasteiger charge is 2.11. The molecule has 0 spiro atoms. The summed E-state index contributed by atoms with van der Waals surface area (Å²) in [4.78, 5) is 4.66. The summed E-state index contributed by atoms with van der Waals surface area (Å²) in [5, 5.41) is 11.4. The highest BCUT2D eigenvalue weighted by molar-refractivity contribution is 6.31. The molecule has 4 rings (SSSR count). The number of hydrogen-bond donors (Lipinski definition) is 0. The minimum absolute atomic E-state index is 0.695. The van der Waals surface area contributed by atoms with E-state index >= 15 is 0 Å². The van der Waals surface area contributed by atoms with Crippen LogP contribution in [0.3, 0.4) is 0 Å². The lowest BCUT2D eigenvalue weighted by Gasteiger charge is -2.10. The molecule has 116 valence electrons. The zero-order valence-electron chi connectivity index (χ0n) is 12.4. The molecular formula is C19H11Cl2N3. The summed E-state index contributed by atoms with van der Waals surface area (Å²) >= 11 is 12.0. The fourth-order valence-corrected chi connectivity index (χ4v) is 2.94. The second-order valence-electron chi connectivity index (χ2n) is 5.35. The van der Waals surface area contributed by atoms with Crippen LogP contribution in [0.2, 0.25) is 10.0 Å². The molecule has 24 heavy (non-hydrogen) atoms. The molecule has 0 N–H and O–H groups in total. The van der Waals surface area contributed by atoms with Crippen molar-refractivity contribution in [2.45, 2.75) is 0 Å². The zero-order valence-corrected chi connectivity index (χ0v) is 14.0. The van der Waals surface area contributed by atoms with Crippen LogP contribution >= 0.6 is 23.2 Å². The van der Waals surface area contributed by atoms with Gasteiger partial charge in [-0.15, -0.1) is 0 Å². The van der Waals surface area contributed by atoms with Gasteiger partial charge in [0, 0.05) is 38.1 Å². The number of aromatic nitrogens is 3. The third-order valence-corrected chi connectivity index (χ3v) is 4.38. The average Bonchev–Trinajstić information content (AvgIpc) is 2.62. The Bertz CT molecular complexity index is 929. The molecule has 4 aromatic rings. The van der Waals surface area contributed by atoms with E-state index in [0.29, 0.717) is 10.0 Å². The Morgan fingerprint density at radius 1 is 0.583 bits per heavy atom. The lowest BCUT2D eigenvalue weighted by Crippen LogP contribution is -1.92. The Labute approximate surface area is 148 Å². The minimum atomic E-state index is 0.695. The fourth-order valence-electron chi connectivity index (χ4n) is 2.69. The van der Waals surface area contributed by atoms with Crippen LogP contribution in [0.25, 0.3) is 33.2 Å². The predicted molar refractivity (Wildman–Crippen MR) is 98.2 cm³/mol. The minimum Gasteiger partial charge on any atom is -0.255 e. The quantitative estimate of drug-likeness (QED) is 0.467. The van der Waals surface area contributed by atoms with E-state index in [1.807, 2.05) is 54.7 Å². The van der Waals surface area contributed by atoms with Crippen molar-refractivity contribution in [3.05, 3.63) is 77.2 Å². The Morgan fingerprint density at radius 2 is 1.12 bits per heavy atom. The van der Waals surface area contributed by atoms with Gasteiger partial charge in [-0.05, 0) is 29.8 Å². The van der Waals surface area contributed by atoms with Gasteiger partial charge in [-0.2, -0.15) is 10.2 Å². The normalized spacial score (nSPS) is 10.9. The molecule has 0 amide bonds. The summed E-state index contributed by atoms with van der Waals surface area (Å²) in [5.74, 6) is 0. The smallest absolute Gasteiger partial charge is 0.0797 e. The molecule has 5 heteroatoms. The standard InChI is InChI=1S/C19H11Cl2N3/c20-14-5-1-12(2-6-14)16-9-22-19(13-3-7-15(21)8-4-13)18-11-24-23-10-17(16)18/h1-11H. The summed E-state index contributed by atoms with van der Waals surface area (Å²) in [7, 11) is 0. The van der Waals surface area contributed by atoms with Gasteiger partial charge >= 0.3 is 0 Å². The number of rotatable bonds is 2. The van der Waals surface area contributed by atoms with Crippen molar-refractivity contribution in [3.8, 4) is 22.4 Å². The number of hydrogen-bond acceptors (Lipinski definition) is 3. The van der Waals surface area contributed by atoms with E-state index in [-0.39, 0.29) is 0 Å². The van der Waals surface area contributed by atoms with Crippen LogP contribution in [0, 0.1) is 0 Å². The van der Waals surface area contributed by atoms with E-state index in [1.54, 1.807) is 12.4 Å². The summed E-state index contributed by atoms with van der Waals surface area (Å²) in [6, 6.07) is 15.3. The molecule has 2 aromatic carbocycles. The van der Waals surface area contributed by atoms with Crippen molar-refractivity contribution in [3.63, 3.8) is 0 Å². The van der Waals surface area contributed by atoms with Gasteiger partial charge in [0.1, 0.15) is 0 Å². The van der Waals surface area contributed by atoms with Crippen LogP contribution in [0.15, 0.2) is 67.1 Å². The van der Waals surface area contributed by atoms with Crippen LogP contribution in [0.4, 0.5) is 0 Å². The monoisotopic (exact) mass is 351 g/mol. The van der Waals surface area contributed by atoms with Crippen LogP contribution in [-0.4, -0.2) is 15.2 Å². The maximum absolute atomic E-state index is 5.99. The molecule has 0 fully saturated rings. The number of fused-ring (bicyclic) bond motifs is 1. The molecule has 3 nitrogen and oxygen atoms in total. The molecule has 0 saturated heterocycles. The van der Waals surface area contributed by atoms with Gasteiger partial charge in [-0.25, -0.2) is 0 Å². The molecule has 0 aliphatic heterocycles. The zero-order chi connectivity index (χ0) is 16.5. The van der Waals surface area contributed by atoms with E-state index < -0.39 is 0 Å². The third kappa shape index (κ3) is 2.73. The Morgan fingerprint density at radius 3 is 1.75 bits per heavy atom. The Kier molecular flexibility index (Phi) is 3.89. The largest absolute Gasteiger partial charge is 0.255 e. The maximum atomic E-state index is 5.99. The summed E-state index contributed by atoms with van der Waals surface area (Å²) in [6.45, 7) is 0. The van der Waals surface area contributed by atoms with Crippen molar-refractivity contribution in [2.24, 2.45) is 0 Å². The van der Waals surface area contributed by atoms with Gasteiger partial charge in [0.15, 0.2) is 0 Å². The molecule has 2 heterocycles. The molecule has 0 unspecified atom stereocenters. The van der Waals surface area contributed by atoms with E-state index in [2.05, 4.69) is 15.2 Å². The van der Waals surface area contributed by atoms with Gasteiger partial charge in [-0.1, -0.05) is 47.5 Å². The van der Waals surface area contributed by atoms with Crippen molar-refractivity contribution in [2.75, 3.05) is 0 Å². The lowest BCUT2D eigenvalue weighted by molar-refractivity contribution is 1.05. The lowest BCUT2D eigenvalue weighted by atomic mass is 9.99. The molecule has 2 aromatic heterocycles. The highest BCUT2D eigenvalue weighted by atomic mass is 35.5. The van der Waals surface area contributed by atoms with E-state index in [9.17, 15) is 0 Å². The van der Waals surface area contributed by atoms with Crippen LogP contribution in [-0.2, 0) is 0 Å². The SMILES string of the molecule is Clc1ccc(-c2cnc(-c3ccc(Cl)cc3)c3cnncc23)cc1. The highest BCUT2D eigenvalue weighted by Crippen LogP contribution is 2.33. The first-order valence-corrected chi connectivity index (χ1v) is 8.09. The van der Waals surface area contributed by atoms with Crippen molar-refractivity contribution < 1.29 is 0 Å². The topological polar surface area (TPSA) is 38.7 Å². The van der Waals surface area contributed by atoms with Crippen molar-refractivity contribution in [1.29, 1.82) is 0 Å². The van der Waals surface area contributed by atoms with Crippen LogP contribution < -0.4 is 0 Å². The van der Waals surface area contributed by atoms with Gasteiger partial charge in [0.25, 0.3) is 0 Å². The fraction of sp³-hybridized carbons (Fsp3) is 0. The number of nitrogens with zero attached hydrogens (tertiary/aromatic N) is 3. The molecule has 0 radical (unpaired) electrons. The summed E-state index contributed by atoms with van der Waals surface area (Å²) < 4.78 is 0. The first-order chi connectivity index (χ1) is 11.7. The molecule has 0 aliphatic carbocycles. The first-order valence-electron chi connectivity index (χ1n) is 7.33. The van der Waals surface area contributed by atoms with Crippen molar-refractivity contribution >= 4 is 34.0 Å². The summed E-state index contributed by atoms with van der Waals surface area (Å²) in [5.41, 5.74) is 3.87. The summed E-state index contributed by atoms with van der Waals surface area (Å²) in [6.07, 6.45) is 5.36. The molecule has 0 bridgehead atoms. The van der Waals surface area contributed by atoms with E-state index in [4.69, 9.17) is 23.2 Å². The Balaban J connectivity index is 1.95. The van der Waals surface area contributed by atoms with Crippen LogP contribution in [0.5, 0.6) is 0 Å². The molecule has 0 aliphatic rings. The third-order valence-electron chi connectivity index (χ3n) is 3.87. The molecular weight excluding hydrogens is 341 g/mol. The Hall–Kier alpha value is -2.49. The second kappa shape index (κ2) is 6.19. The molecule has 0 atom stereocenters. The van der Waals surface area contributed by atoms with Gasteiger partial charge in [0.2, 0.25) is 0 Å². The predicted octanol–water partition coefficient (Wildman–Crippen LogP) is 5.67. The number of pyridine rings is 1. The van der Waals surface area contributed by atoms with Crippen molar-refractivity contribution in [1.82, 2.24) is 15.2 Å². The van der Waals surface area contributed by atoms with Gasteiger partial charge in [0.05, 0.1) is 18.1 Å². The molecule has 0 saturated carbocycles. The van der Waals surface area contributed by atoms with Gasteiger partial charge < -0.3 is 0 Å². The van der Waals surface area contributed by atoms with Crippen LogP contribution in [0.1, 0.15) is 0 Å².